The molecule has 0 saturated carbocycles. The molecule has 4 heterocycles. The van der Waals surface area contributed by atoms with Crippen molar-refractivity contribution in [1.29, 1.82) is 0 Å². The van der Waals surface area contributed by atoms with Crippen LogP contribution in [0.5, 0.6) is 0 Å². The maximum atomic E-state index is 13.0. The molecule has 2 aliphatic heterocycles. The quantitative estimate of drug-likeness (QED) is 0.561. The summed E-state index contributed by atoms with van der Waals surface area (Å²) in [7, 11) is 0. The first-order valence-electron chi connectivity index (χ1n) is 10.00. The van der Waals surface area contributed by atoms with E-state index in [1.54, 1.807) is 0 Å². The summed E-state index contributed by atoms with van der Waals surface area (Å²) in [5.74, 6) is -2.50. The van der Waals surface area contributed by atoms with E-state index in [9.17, 15) is 32.3 Å². The molecule has 2 aliphatic rings. The molecule has 34 heavy (non-hydrogen) atoms. The van der Waals surface area contributed by atoms with Gasteiger partial charge < -0.3 is 0 Å². The highest BCUT2D eigenvalue weighted by Gasteiger charge is 2.44. The molecular formula is C20H14F3N7O4. The molecule has 174 valence electrons. The van der Waals surface area contributed by atoms with E-state index in [1.165, 1.54) is 41.3 Å². The fourth-order valence-corrected chi connectivity index (χ4v) is 3.88. The molecule has 0 aliphatic carbocycles. The highest BCUT2D eigenvalue weighted by Crippen LogP contribution is 2.29. The Morgan fingerprint density at radius 2 is 1.79 bits per heavy atom. The Morgan fingerprint density at radius 1 is 1.03 bits per heavy atom. The average molecular weight is 473 g/mol. The van der Waals surface area contributed by atoms with Crippen LogP contribution >= 0.6 is 0 Å². The minimum absolute atomic E-state index is 0.00945. The summed E-state index contributed by atoms with van der Waals surface area (Å²) in [6.07, 6.45) is -1.78. The van der Waals surface area contributed by atoms with Crippen molar-refractivity contribution in [2.75, 3.05) is 0 Å². The average Bonchev–Trinajstić information content (AvgIpc) is 3.47. The fourth-order valence-electron chi connectivity index (χ4n) is 3.88. The van der Waals surface area contributed by atoms with Crippen molar-refractivity contribution in [3.8, 4) is 17.1 Å². The van der Waals surface area contributed by atoms with E-state index in [4.69, 9.17) is 0 Å². The summed E-state index contributed by atoms with van der Waals surface area (Å²) in [4.78, 5) is 50.1. The monoisotopic (exact) mass is 473 g/mol. The van der Waals surface area contributed by atoms with E-state index in [2.05, 4.69) is 20.7 Å². The second kappa shape index (κ2) is 7.60. The molecule has 2 aromatic heterocycles. The van der Waals surface area contributed by atoms with Gasteiger partial charge in [0.15, 0.2) is 0 Å². The molecule has 1 atom stereocenters. The van der Waals surface area contributed by atoms with Gasteiger partial charge in [0.1, 0.15) is 24.0 Å². The van der Waals surface area contributed by atoms with Crippen LogP contribution in [-0.4, -0.2) is 65.5 Å². The SMILES string of the molecule is O=C1CCC(N2C(=O)c3ccc(-n4cc(-c5ccn(CC(F)(F)F)n5)nn4)cc3C2=O)C(=O)N1. The molecule has 1 aromatic carbocycles. The molecule has 1 unspecified atom stereocenters. The van der Waals surface area contributed by atoms with Crippen LogP contribution in [-0.2, 0) is 16.1 Å². The largest absolute Gasteiger partial charge is 0.408 e. The maximum Gasteiger partial charge on any atom is 0.408 e. The number of piperidine rings is 1. The van der Waals surface area contributed by atoms with Crippen LogP contribution in [0.25, 0.3) is 17.1 Å². The van der Waals surface area contributed by atoms with Gasteiger partial charge in [0.05, 0.1) is 23.0 Å². The van der Waals surface area contributed by atoms with E-state index >= 15 is 0 Å². The van der Waals surface area contributed by atoms with Crippen molar-refractivity contribution in [1.82, 2.24) is 35.0 Å². The lowest BCUT2D eigenvalue weighted by molar-refractivity contribution is -0.142. The van der Waals surface area contributed by atoms with Gasteiger partial charge in [-0.15, -0.1) is 5.10 Å². The molecule has 0 spiro atoms. The Bertz CT molecular complexity index is 1360. The highest BCUT2D eigenvalue weighted by molar-refractivity contribution is 6.23. The first-order chi connectivity index (χ1) is 16.1. The molecule has 1 fully saturated rings. The van der Waals surface area contributed by atoms with Crippen LogP contribution < -0.4 is 5.32 Å². The number of hydrogen-bond donors (Lipinski definition) is 1. The van der Waals surface area contributed by atoms with Gasteiger partial charge in [-0.25, -0.2) is 4.68 Å². The Morgan fingerprint density at radius 3 is 2.53 bits per heavy atom. The number of hydrogen-bond acceptors (Lipinski definition) is 7. The lowest BCUT2D eigenvalue weighted by Crippen LogP contribution is -2.54. The van der Waals surface area contributed by atoms with Crippen molar-refractivity contribution in [2.45, 2.75) is 31.6 Å². The van der Waals surface area contributed by atoms with Crippen molar-refractivity contribution in [2.24, 2.45) is 0 Å². The van der Waals surface area contributed by atoms with Gasteiger partial charge >= 0.3 is 6.18 Å². The third-order valence-electron chi connectivity index (χ3n) is 5.43. The molecule has 5 rings (SSSR count). The number of benzene rings is 1. The van der Waals surface area contributed by atoms with Crippen molar-refractivity contribution in [3.63, 3.8) is 0 Å². The lowest BCUT2D eigenvalue weighted by Gasteiger charge is -2.27. The van der Waals surface area contributed by atoms with Crippen molar-refractivity contribution >= 4 is 23.6 Å². The summed E-state index contributed by atoms with van der Waals surface area (Å²) < 4.78 is 39.7. The summed E-state index contributed by atoms with van der Waals surface area (Å²) in [6.45, 7) is -1.24. The van der Waals surface area contributed by atoms with Crippen LogP contribution in [0.2, 0.25) is 0 Å². The third-order valence-corrected chi connectivity index (χ3v) is 5.43. The zero-order valence-corrected chi connectivity index (χ0v) is 17.1. The molecule has 0 radical (unpaired) electrons. The molecule has 4 amide bonds. The Balaban J connectivity index is 1.40. The van der Waals surface area contributed by atoms with Crippen LogP contribution in [0.3, 0.4) is 0 Å². The Hall–Kier alpha value is -4.36. The Labute approximate surface area is 188 Å². The normalized spacial score (nSPS) is 18.4. The standard InChI is InChI=1S/C20H14F3N7O4/c21-20(22,23)9-28-6-5-13(26-28)14-8-29(27-25-14)10-1-2-11-12(7-10)19(34)30(18(11)33)15-3-4-16(31)24-17(15)32/h1-2,5-8,15H,3-4,9H2,(H,24,31,32). The number of amides is 4. The zero-order chi connectivity index (χ0) is 24.2. The van der Waals surface area contributed by atoms with Gasteiger partial charge in [-0.3, -0.25) is 34.1 Å². The number of nitrogens with one attached hydrogen (secondary N) is 1. The van der Waals surface area contributed by atoms with Crippen LogP contribution in [0.15, 0.2) is 36.7 Å². The van der Waals surface area contributed by atoms with Gasteiger partial charge in [-0.2, -0.15) is 18.3 Å². The fraction of sp³-hybridized carbons (Fsp3) is 0.250. The van der Waals surface area contributed by atoms with E-state index in [-0.39, 0.29) is 35.4 Å². The minimum atomic E-state index is -4.42. The number of aromatic nitrogens is 5. The van der Waals surface area contributed by atoms with Gasteiger partial charge in [0.25, 0.3) is 11.8 Å². The van der Waals surface area contributed by atoms with E-state index in [1.807, 2.05) is 0 Å². The summed E-state index contributed by atoms with van der Waals surface area (Å²) in [6, 6.07) is 4.61. The van der Waals surface area contributed by atoms with E-state index in [0.29, 0.717) is 5.69 Å². The number of halogens is 3. The second-order valence-corrected chi connectivity index (χ2v) is 7.74. The summed E-state index contributed by atoms with van der Waals surface area (Å²) >= 11 is 0. The molecule has 1 saturated heterocycles. The Kier molecular flexibility index (Phi) is 4.81. The number of nitrogens with zero attached hydrogens (tertiary/aromatic N) is 6. The van der Waals surface area contributed by atoms with Crippen molar-refractivity contribution in [3.05, 3.63) is 47.8 Å². The van der Waals surface area contributed by atoms with Gasteiger partial charge in [-0.05, 0) is 30.7 Å². The summed E-state index contributed by atoms with van der Waals surface area (Å²) in [5, 5.41) is 13.8. The number of carbonyl (C=O) groups is 4. The number of imide groups is 2. The maximum absolute atomic E-state index is 13.0. The molecular weight excluding hydrogens is 459 g/mol. The van der Waals surface area contributed by atoms with Gasteiger partial charge in [-0.1, -0.05) is 5.21 Å². The molecule has 3 aromatic rings. The molecule has 11 nitrogen and oxygen atoms in total. The summed E-state index contributed by atoms with van der Waals surface area (Å²) in [5.41, 5.74) is 0.892. The molecule has 14 heteroatoms. The van der Waals surface area contributed by atoms with Gasteiger partial charge in [0, 0.05) is 12.6 Å². The van der Waals surface area contributed by atoms with Crippen LogP contribution in [0, 0.1) is 0 Å². The lowest BCUT2D eigenvalue weighted by atomic mass is 10.0. The predicted molar refractivity (Wildman–Crippen MR) is 105 cm³/mol. The van der Waals surface area contributed by atoms with Crippen LogP contribution in [0.4, 0.5) is 13.2 Å². The minimum Gasteiger partial charge on any atom is -0.295 e. The number of alkyl halides is 3. The first kappa shape index (κ1) is 21.5. The second-order valence-electron chi connectivity index (χ2n) is 7.74. The highest BCUT2D eigenvalue weighted by atomic mass is 19.4. The predicted octanol–water partition coefficient (Wildman–Crippen LogP) is 1.09. The topological polar surface area (TPSA) is 132 Å². The van der Waals surface area contributed by atoms with Crippen LogP contribution in [0.1, 0.15) is 33.6 Å². The zero-order valence-electron chi connectivity index (χ0n) is 17.1. The first-order valence-corrected chi connectivity index (χ1v) is 10.00. The smallest absolute Gasteiger partial charge is 0.295 e. The third kappa shape index (κ3) is 3.72. The number of fused-ring (bicyclic) bond motifs is 1. The molecule has 0 bridgehead atoms. The van der Waals surface area contributed by atoms with E-state index in [0.717, 1.165) is 9.58 Å². The number of carbonyl (C=O) groups excluding carboxylic acids is 4. The van der Waals surface area contributed by atoms with E-state index < -0.39 is 42.4 Å². The number of rotatable bonds is 4. The van der Waals surface area contributed by atoms with Gasteiger partial charge in [0.2, 0.25) is 11.8 Å². The van der Waals surface area contributed by atoms with Crippen molar-refractivity contribution < 1.29 is 32.3 Å². The molecule has 1 N–H and O–H groups in total.